The third-order valence-corrected chi connectivity index (χ3v) is 4.54. The van der Waals surface area contributed by atoms with Crippen LogP contribution in [0.2, 0.25) is 0 Å². The van der Waals surface area contributed by atoms with Gasteiger partial charge in [-0.25, -0.2) is 4.98 Å². The number of rotatable bonds is 3. The molecule has 2 aromatic rings. The van der Waals surface area contributed by atoms with Crippen LogP contribution in [0.5, 0.6) is 0 Å². The third-order valence-electron chi connectivity index (χ3n) is 4.54. The van der Waals surface area contributed by atoms with Gasteiger partial charge in [-0.1, -0.05) is 19.9 Å². The first-order valence-electron chi connectivity index (χ1n) is 8.01. The first-order chi connectivity index (χ1) is 11.4. The van der Waals surface area contributed by atoms with Crippen molar-refractivity contribution in [2.45, 2.75) is 19.9 Å². The molecule has 1 fully saturated rings. The van der Waals surface area contributed by atoms with Crippen molar-refractivity contribution in [1.29, 1.82) is 0 Å². The number of hydrogen-bond donors (Lipinski definition) is 0. The van der Waals surface area contributed by atoms with E-state index in [0.29, 0.717) is 12.2 Å². The summed E-state index contributed by atoms with van der Waals surface area (Å²) in [6.45, 7) is 6.32. The molecule has 0 spiro atoms. The van der Waals surface area contributed by atoms with Gasteiger partial charge in [0.15, 0.2) is 0 Å². The Balaban J connectivity index is 2.22. The van der Waals surface area contributed by atoms with E-state index in [1.165, 1.54) is 10.6 Å². The van der Waals surface area contributed by atoms with Crippen LogP contribution in [0.15, 0.2) is 29.2 Å². The fourth-order valence-electron chi connectivity index (χ4n) is 3.22. The second kappa shape index (κ2) is 6.20. The van der Waals surface area contributed by atoms with E-state index in [1.54, 1.807) is 18.2 Å². The lowest BCUT2D eigenvalue weighted by atomic mass is 9.99. The Morgan fingerprint density at radius 2 is 2.08 bits per heavy atom. The smallest absolute Gasteiger partial charge is 0.345 e. The minimum atomic E-state index is -0.637. The van der Waals surface area contributed by atoms with Crippen LogP contribution in [0, 0.1) is 16.0 Å². The van der Waals surface area contributed by atoms with Gasteiger partial charge in [0, 0.05) is 31.9 Å². The molecule has 3 heterocycles. The van der Waals surface area contributed by atoms with E-state index in [4.69, 9.17) is 0 Å². The molecule has 1 aliphatic heterocycles. The largest absolute Gasteiger partial charge is 0.376 e. The number of anilines is 1. The van der Waals surface area contributed by atoms with Crippen LogP contribution in [0.3, 0.4) is 0 Å². The van der Waals surface area contributed by atoms with E-state index in [9.17, 15) is 14.9 Å². The number of fused-ring (bicyclic) bond motifs is 1. The molecule has 0 bridgehead atoms. The van der Waals surface area contributed by atoms with E-state index < -0.39 is 16.2 Å². The zero-order valence-corrected chi connectivity index (χ0v) is 14.0. The zero-order valence-electron chi connectivity index (χ0n) is 14.0. The molecule has 0 saturated carbocycles. The van der Waals surface area contributed by atoms with Crippen molar-refractivity contribution in [2.24, 2.45) is 5.92 Å². The SMILES string of the molecule is CC(C)C1CN(C)CCN1c1nc2ccccn2c(=O)c1[N+](=O)[O-]. The van der Waals surface area contributed by atoms with Gasteiger partial charge < -0.3 is 9.80 Å². The summed E-state index contributed by atoms with van der Waals surface area (Å²) in [6, 6.07) is 5.18. The third kappa shape index (κ3) is 2.73. The van der Waals surface area contributed by atoms with Crippen LogP contribution in [-0.4, -0.2) is 51.9 Å². The molecule has 8 heteroatoms. The first-order valence-corrected chi connectivity index (χ1v) is 8.01. The minimum absolute atomic E-state index is 0.0699. The number of nitro groups is 1. The molecule has 8 nitrogen and oxygen atoms in total. The molecule has 1 saturated heterocycles. The molecule has 1 unspecified atom stereocenters. The molecule has 0 aromatic carbocycles. The highest BCUT2D eigenvalue weighted by atomic mass is 16.6. The van der Waals surface area contributed by atoms with Crippen LogP contribution in [-0.2, 0) is 0 Å². The maximum absolute atomic E-state index is 12.6. The van der Waals surface area contributed by atoms with Crippen LogP contribution in [0.4, 0.5) is 11.5 Å². The second-order valence-corrected chi connectivity index (χ2v) is 6.54. The van der Waals surface area contributed by atoms with Gasteiger partial charge in [0.05, 0.1) is 4.92 Å². The van der Waals surface area contributed by atoms with Crippen molar-refractivity contribution in [1.82, 2.24) is 14.3 Å². The lowest BCUT2D eigenvalue weighted by Gasteiger charge is -2.42. The van der Waals surface area contributed by atoms with E-state index in [0.717, 1.165) is 13.1 Å². The van der Waals surface area contributed by atoms with E-state index >= 15 is 0 Å². The maximum atomic E-state index is 12.6. The van der Waals surface area contributed by atoms with Crippen LogP contribution in [0.25, 0.3) is 5.65 Å². The van der Waals surface area contributed by atoms with Crippen LogP contribution >= 0.6 is 0 Å². The van der Waals surface area contributed by atoms with Gasteiger partial charge >= 0.3 is 11.2 Å². The quantitative estimate of drug-likeness (QED) is 0.624. The normalized spacial score (nSPS) is 19.2. The van der Waals surface area contributed by atoms with Crippen LogP contribution < -0.4 is 10.5 Å². The molecule has 1 atom stereocenters. The standard InChI is InChI=1S/C16H21N5O3/c1-11(2)12-10-18(3)8-9-19(12)15-14(21(23)24)16(22)20-7-5-4-6-13(20)17-15/h4-7,11-12H,8-10H2,1-3H3. The molecule has 0 aliphatic carbocycles. The van der Waals surface area contributed by atoms with Crippen molar-refractivity contribution < 1.29 is 4.92 Å². The second-order valence-electron chi connectivity index (χ2n) is 6.54. The number of likely N-dealkylation sites (N-methyl/N-ethyl adjacent to an activating group) is 1. The van der Waals surface area contributed by atoms with Crippen molar-refractivity contribution in [2.75, 3.05) is 31.6 Å². The number of nitrogens with zero attached hydrogens (tertiary/aromatic N) is 5. The summed E-state index contributed by atoms with van der Waals surface area (Å²) < 4.78 is 1.22. The summed E-state index contributed by atoms with van der Waals surface area (Å²) in [5.74, 6) is 0.464. The topological polar surface area (TPSA) is 84.0 Å². The first kappa shape index (κ1) is 16.4. The molecule has 0 radical (unpaired) electrons. The average Bonchev–Trinajstić information content (AvgIpc) is 2.54. The van der Waals surface area contributed by atoms with E-state index in [1.807, 2.05) is 11.9 Å². The summed E-state index contributed by atoms with van der Waals surface area (Å²) in [5, 5.41) is 11.6. The fourth-order valence-corrected chi connectivity index (χ4v) is 3.22. The number of hydrogen-bond acceptors (Lipinski definition) is 6. The maximum Gasteiger partial charge on any atom is 0.376 e. The monoisotopic (exact) mass is 331 g/mol. The lowest BCUT2D eigenvalue weighted by molar-refractivity contribution is -0.385. The summed E-state index contributed by atoms with van der Waals surface area (Å²) >= 11 is 0. The number of aromatic nitrogens is 2. The summed E-state index contributed by atoms with van der Waals surface area (Å²) in [6.07, 6.45) is 1.51. The molecular formula is C16H21N5O3. The van der Waals surface area contributed by atoms with Gasteiger partial charge in [0.1, 0.15) is 5.65 Å². The Kier molecular flexibility index (Phi) is 4.23. The molecule has 3 rings (SSSR count). The van der Waals surface area contributed by atoms with E-state index in [2.05, 4.69) is 23.7 Å². The van der Waals surface area contributed by atoms with Crippen molar-refractivity contribution in [3.63, 3.8) is 0 Å². The summed E-state index contributed by atoms with van der Waals surface area (Å²) in [4.78, 5) is 32.2. The van der Waals surface area contributed by atoms with Gasteiger partial charge in [-0.2, -0.15) is 0 Å². The Morgan fingerprint density at radius 1 is 1.33 bits per heavy atom. The molecule has 2 aromatic heterocycles. The summed E-state index contributed by atoms with van der Waals surface area (Å²) in [5.41, 5.74) is -0.666. The predicted molar refractivity (Wildman–Crippen MR) is 91.6 cm³/mol. The van der Waals surface area contributed by atoms with Gasteiger partial charge in [0.25, 0.3) is 0 Å². The highest BCUT2D eigenvalue weighted by Gasteiger charge is 2.35. The minimum Gasteiger partial charge on any atom is -0.345 e. The lowest BCUT2D eigenvalue weighted by Crippen LogP contribution is -2.55. The molecule has 24 heavy (non-hydrogen) atoms. The molecule has 0 N–H and O–H groups in total. The van der Waals surface area contributed by atoms with Gasteiger partial charge in [-0.3, -0.25) is 19.3 Å². The Labute approximate surface area is 139 Å². The van der Waals surface area contributed by atoms with Gasteiger partial charge in [-0.05, 0) is 25.1 Å². The summed E-state index contributed by atoms with van der Waals surface area (Å²) in [7, 11) is 2.03. The highest BCUT2D eigenvalue weighted by Crippen LogP contribution is 2.28. The molecule has 128 valence electrons. The van der Waals surface area contributed by atoms with Crippen molar-refractivity contribution >= 4 is 17.2 Å². The number of piperazine rings is 1. The Bertz CT molecular complexity index is 832. The Hall–Kier alpha value is -2.48. The molecular weight excluding hydrogens is 310 g/mol. The predicted octanol–water partition coefficient (Wildman–Crippen LogP) is 1.38. The van der Waals surface area contributed by atoms with E-state index in [-0.39, 0.29) is 17.8 Å². The van der Waals surface area contributed by atoms with Gasteiger partial charge in [0.2, 0.25) is 5.82 Å². The highest BCUT2D eigenvalue weighted by molar-refractivity contribution is 5.62. The average molecular weight is 331 g/mol. The number of pyridine rings is 1. The van der Waals surface area contributed by atoms with Crippen molar-refractivity contribution in [3.8, 4) is 0 Å². The Morgan fingerprint density at radius 3 is 2.75 bits per heavy atom. The van der Waals surface area contributed by atoms with Crippen LogP contribution in [0.1, 0.15) is 13.8 Å². The molecule has 1 aliphatic rings. The molecule has 0 amide bonds. The fraction of sp³-hybridized carbons (Fsp3) is 0.500. The van der Waals surface area contributed by atoms with Crippen molar-refractivity contribution in [3.05, 3.63) is 44.9 Å². The van der Waals surface area contributed by atoms with Gasteiger partial charge in [-0.15, -0.1) is 0 Å². The zero-order chi connectivity index (χ0) is 17.4.